The number of nitrogen functional groups attached to an aromatic ring is 1. The number of benzene rings is 2. The van der Waals surface area contributed by atoms with Crippen molar-refractivity contribution in [2.45, 2.75) is 63.9 Å². The van der Waals surface area contributed by atoms with E-state index in [4.69, 9.17) is 10.6 Å². The molecule has 1 amide bonds. The molecule has 0 aliphatic carbocycles. The van der Waals surface area contributed by atoms with Gasteiger partial charge in [-0.15, -0.1) is 0 Å². The van der Waals surface area contributed by atoms with Crippen LogP contribution in [0, 0.1) is 27.7 Å². The smallest absolute Gasteiger partial charge is 0.426 e. The van der Waals surface area contributed by atoms with Gasteiger partial charge in [0.05, 0.1) is 22.2 Å². The first-order valence-electron chi connectivity index (χ1n) is 15.5. The van der Waals surface area contributed by atoms with E-state index in [0.717, 1.165) is 15.1 Å². The van der Waals surface area contributed by atoms with Crippen LogP contribution in [0.1, 0.15) is 43.3 Å². The Kier molecular flexibility index (Phi) is 10.0. The highest BCUT2D eigenvalue weighted by Gasteiger charge is 2.24. The molecule has 268 valence electrons. The van der Waals surface area contributed by atoms with Gasteiger partial charge in [0.2, 0.25) is 0 Å². The molecule has 0 aliphatic rings. The average Bonchev–Trinajstić information content (AvgIpc) is 3.58. The van der Waals surface area contributed by atoms with Gasteiger partial charge in [-0.2, -0.15) is 0 Å². The van der Waals surface area contributed by atoms with Crippen LogP contribution in [0.2, 0.25) is 0 Å². The van der Waals surface area contributed by atoms with Crippen molar-refractivity contribution in [1.82, 2.24) is 33.3 Å². The third-order valence-corrected chi connectivity index (χ3v) is 10.9. The first-order valence-corrected chi connectivity index (χ1v) is 18.3. The number of amides is 1. The Hall–Kier alpha value is -5.59. The molecule has 2 aromatic carbocycles. The number of aromatic nitrogens is 6. The number of rotatable bonds is 7. The third kappa shape index (κ3) is 7.92. The number of carbonyl (C=O) groups is 1. The Morgan fingerprint density at radius 1 is 0.706 bits per heavy atom. The molecular formula is C33H38N10O6S2. The summed E-state index contributed by atoms with van der Waals surface area (Å²) >= 11 is 0. The minimum Gasteiger partial charge on any atom is -0.443 e. The van der Waals surface area contributed by atoms with Crippen LogP contribution in [0.4, 0.5) is 16.4 Å². The predicted octanol–water partition coefficient (Wildman–Crippen LogP) is 4.71. The van der Waals surface area contributed by atoms with Crippen molar-refractivity contribution >= 4 is 60.1 Å². The van der Waals surface area contributed by atoms with Crippen molar-refractivity contribution in [3.8, 4) is 0 Å². The molecule has 0 bridgehead atoms. The topological polar surface area (TPSA) is 218 Å². The lowest BCUT2D eigenvalue weighted by molar-refractivity contribution is 0.0540. The fourth-order valence-electron chi connectivity index (χ4n) is 4.93. The summed E-state index contributed by atoms with van der Waals surface area (Å²) < 4.78 is 59.3. The fraction of sp³-hybridized carbons (Fsp3) is 0.242. The van der Waals surface area contributed by atoms with Gasteiger partial charge in [-0.25, -0.2) is 60.8 Å². The van der Waals surface area contributed by atoms with Crippen molar-refractivity contribution in [2.75, 3.05) is 10.9 Å². The maximum atomic E-state index is 13.1. The second kappa shape index (κ2) is 14.0. The Bertz CT molecular complexity index is 2450. The van der Waals surface area contributed by atoms with E-state index in [0.29, 0.717) is 28.2 Å². The lowest BCUT2D eigenvalue weighted by Crippen LogP contribution is -2.36. The largest absolute Gasteiger partial charge is 0.443 e. The summed E-state index contributed by atoms with van der Waals surface area (Å²) in [5, 5.41) is 0. The quantitative estimate of drug-likeness (QED) is 0.129. The highest BCUT2D eigenvalue weighted by molar-refractivity contribution is 7.90. The molecule has 16 nitrogen and oxygen atoms in total. The number of anilines is 2. The van der Waals surface area contributed by atoms with Gasteiger partial charge in [-0.3, -0.25) is 5.43 Å². The maximum Gasteiger partial charge on any atom is 0.426 e. The van der Waals surface area contributed by atoms with Crippen molar-refractivity contribution in [2.24, 2.45) is 5.84 Å². The van der Waals surface area contributed by atoms with Crippen LogP contribution in [-0.2, 0) is 24.8 Å². The number of nitrogens with two attached hydrogens (primary N) is 1. The number of fused-ring (bicyclic) bond motifs is 2. The summed E-state index contributed by atoms with van der Waals surface area (Å²) in [6, 6.07) is 16.6. The van der Waals surface area contributed by atoms with Crippen LogP contribution in [0.3, 0.4) is 0 Å². The van der Waals surface area contributed by atoms with Crippen molar-refractivity contribution < 1.29 is 26.4 Å². The molecule has 0 saturated carbocycles. The minimum absolute atomic E-state index is 0.166. The summed E-state index contributed by atoms with van der Waals surface area (Å²) in [4.78, 5) is 29.0. The average molecular weight is 735 g/mol. The molecule has 0 saturated heterocycles. The van der Waals surface area contributed by atoms with Crippen LogP contribution in [0.15, 0.2) is 82.8 Å². The van der Waals surface area contributed by atoms with Crippen molar-refractivity contribution in [3.05, 3.63) is 95.6 Å². The molecule has 0 radical (unpaired) electrons. The molecule has 0 aliphatic heterocycles. The molecule has 0 spiro atoms. The number of ether oxygens (including phenoxy) is 1. The van der Waals surface area contributed by atoms with Crippen LogP contribution in [0.25, 0.3) is 22.3 Å². The molecule has 4 heterocycles. The van der Waals surface area contributed by atoms with E-state index >= 15 is 0 Å². The molecule has 18 heteroatoms. The molecule has 6 aromatic rings. The van der Waals surface area contributed by atoms with Gasteiger partial charge in [0, 0.05) is 11.4 Å². The Morgan fingerprint density at radius 3 is 1.53 bits per heavy atom. The van der Waals surface area contributed by atoms with E-state index < -0.39 is 31.7 Å². The molecule has 6 rings (SSSR count). The minimum atomic E-state index is -3.82. The fourth-order valence-corrected chi connectivity index (χ4v) is 7.92. The van der Waals surface area contributed by atoms with Crippen LogP contribution in [-0.4, -0.2) is 56.4 Å². The Morgan fingerprint density at radius 2 is 1.12 bits per heavy atom. The zero-order valence-corrected chi connectivity index (χ0v) is 30.6. The lowest BCUT2D eigenvalue weighted by Gasteiger charge is -2.19. The number of aryl methyl sites for hydroxylation is 4. The van der Waals surface area contributed by atoms with Gasteiger partial charge >= 0.3 is 6.09 Å². The lowest BCUT2D eigenvalue weighted by atomic mass is 10.2. The molecule has 0 fully saturated rings. The highest BCUT2D eigenvalue weighted by Crippen LogP contribution is 2.25. The van der Waals surface area contributed by atoms with Crippen LogP contribution < -0.4 is 22.1 Å². The molecule has 4 aromatic heterocycles. The molecule has 51 heavy (non-hydrogen) atoms. The normalized spacial score (nSPS) is 11.9. The van der Waals surface area contributed by atoms with E-state index in [1.807, 2.05) is 13.8 Å². The highest BCUT2D eigenvalue weighted by atomic mass is 32.2. The van der Waals surface area contributed by atoms with Crippen LogP contribution in [0.5, 0.6) is 0 Å². The maximum absolute atomic E-state index is 13.1. The number of nitrogens with zero attached hydrogens (tertiary/aromatic N) is 6. The molecule has 0 unspecified atom stereocenters. The number of hydrogen-bond acceptors (Lipinski definition) is 13. The second-order valence-corrected chi connectivity index (χ2v) is 16.1. The van der Waals surface area contributed by atoms with E-state index in [9.17, 15) is 21.6 Å². The number of hydrazine groups is 2. The zero-order chi connectivity index (χ0) is 37.3. The van der Waals surface area contributed by atoms with Crippen molar-refractivity contribution in [1.29, 1.82) is 0 Å². The standard InChI is InChI=1S/C19H23N5O4S.C14H15N5O2S/c1-12-6-8-14(9-7-12)29(26,27)24-13(2)10-15-17(24)20-11-16(21-15)22-23-18(25)28-19(3,4)5;1-9-3-5-11(6-4-9)22(20,21)19-10(2)7-12-14(19)16-8-13(17-12)18-15/h6-11H,1-5H3,(H,21,22)(H,23,25);3-8H,15H2,1-2H3,(H,17,18). The monoisotopic (exact) mass is 734 g/mol. The van der Waals surface area contributed by atoms with E-state index in [1.165, 1.54) is 16.4 Å². The summed E-state index contributed by atoms with van der Waals surface area (Å²) in [7, 11) is -7.55. The van der Waals surface area contributed by atoms with Crippen LogP contribution >= 0.6 is 0 Å². The van der Waals surface area contributed by atoms with Gasteiger partial charge in [0.25, 0.3) is 20.0 Å². The second-order valence-electron chi connectivity index (χ2n) is 12.6. The van der Waals surface area contributed by atoms with Crippen molar-refractivity contribution in [3.63, 3.8) is 0 Å². The number of nitrogens with one attached hydrogen (secondary N) is 3. The molecular weight excluding hydrogens is 697 g/mol. The zero-order valence-electron chi connectivity index (χ0n) is 29.0. The van der Waals surface area contributed by atoms with Gasteiger partial charge in [-0.1, -0.05) is 35.4 Å². The summed E-state index contributed by atoms with van der Waals surface area (Å²) in [5.41, 5.74) is 11.0. The number of carbonyl (C=O) groups excluding carboxylic acids is 1. The first-order chi connectivity index (χ1) is 23.9. The van der Waals surface area contributed by atoms with Gasteiger partial charge < -0.3 is 10.2 Å². The number of hydrogen-bond donors (Lipinski definition) is 4. The van der Waals surface area contributed by atoms with E-state index in [-0.39, 0.29) is 26.9 Å². The third-order valence-electron chi connectivity index (χ3n) is 7.23. The summed E-state index contributed by atoms with van der Waals surface area (Å²) in [6.07, 6.45) is 2.05. The predicted molar refractivity (Wildman–Crippen MR) is 193 cm³/mol. The molecule has 5 N–H and O–H groups in total. The summed E-state index contributed by atoms with van der Waals surface area (Å²) in [5.74, 6) is 5.92. The Balaban J connectivity index is 0.000000205. The SMILES string of the molecule is Cc1ccc(S(=O)(=O)n2c(C)cc3nc(NN)cnc32)cc1.Cc1ccc(S(=O)(=O)n2c(C)cc3nc(NNC(=O)OC(C)(C)C)cnc32)cc1. The summed E-state index contributed by atoms with van der Waals surface area (Å²) in [6.45, 7) is 12.4. The van der Waals surface area contributed by atoms with Gasteiger partial charge in [-0.05, 0) is 84.9 Å². The van der Waals surface area contributed by atoms with Gasteiger partial charge in [0.1, 0.15) is 16.6 Å². The Labute approximate surface area is 295 Å². The van der Waals surface area contributed by atoms with E-state index in [1.54, 1.807) is 95.3 Å². The van der Waals surface area contributed by atoms with E-state index in [2.05, 4.69) is 36.2 Å². The molecule has 0 atom stereocenters. The first kappa shape index (κ1) is 36.7. The van der Waals surface area contributed by atoms with Gasteiger partial charge in [0.15, 0.2) is 22.9 Å².